The van der Waals surface area contributed by atoms with Gasteiger partial charge in [0.05, 0.1) is 17.9 Å². The van der Waals surface area contributed by atoms with Crippen molar-refractivity contribution in [3.63, 3.8) is 0 Å². The molecule has 0 amide bonds. The van der Waals surface area contributed by atoms with Gasteiger partial charge in [0.2, 0.25) is 0 Å². The third kappa shape index (κ3) is 4.94. The third-order valence-corrected chi connectivity index (χ3v) is 4.45. The highest BCUT2D eigenvalue weighted by atomic mass is 35.5. The summed E-state index contributed by atoms with van der Waals surface area (Å²) in [5.74, 6) is 0.413. The van der Waals surface area contributed by atoms with E-state index in [1.54, 1.807) is 26.0 Å². The third-order valence-electron chi connectivity index (χ3n) is 3.17. The van der Waals surface area contributed by atoms with Crippen LogP contribution in [-0.2, 0) is 4.74 Å². The van der Waals surface area contributed by atoms with Crippen molar-refractivity contribution in [3.8, 4) is 22.4 Å². The smallest absolute Gasteiger partial charge is 0.351 e. The Morgan fingerprint density at radius 3 is 2.72 bits per heavy atom. The molecular weight excluding hydrogens is 360 g/mol. The number of hydrogen-bond acceptors (Lipinski definition) is 6. The average molecular weight is 379 g/mol. The summed E-state index contributed by atoms with van der Waals surface area (Å²) < 4.78 is 10.7. The van der Waals surface area contributed by atoms with Gasteiger partial charge in [-0.25, -0.2) is 9.78 Å². The topological polar surface area (TPSA) is 72.2 Å². The molecule has 1 heterocycles. The molecule has 0 N–H and O–H groups in total. The fourth-order valence-electron chi connectivity index (χ4n) is 2.04. The first-order chi connectivity index (χ1) is 11.8. The maximum absolute atomic E-state index is 12.0. The summed E-state index contributed by atoms with van der Waals surface area (Å²) in [6.07, 6.45) is 0. The molecule has 0 bridgehead atoms. The van der Waals surface area contributed by atoms with Gasteiger partial charge in [0, 0.05) is 5.56 Å². The predicted molar refractivity (Wildman–Crippen MR) is 98.1 cm³/mol. The zero-order valence-corrected chi connectivity index (χ0v) is 16.1. The first kappa shape index (κ1) is 19.2. The Balaban J connectivity index is 2.30. The van der Waals surface area contributed by atoms with Gasteiger partial charge in [0.1, 0.15) is 21.7 Å². The molecule has 0 spiro atoms. The second kappa shape index (κ2) is 8.32. The number of nitriles is 1. The minimum absolute atomic E-state index is 0.366. The zero-order chi connectivity index (χ0) is 18.6. The number of ether oxygens (including phenoxy) is 2. The largest absolute Gasteiger partial charge is 0.492 e. The SMILES string of the molecule is Cc1nc(-c2ccc(OCC(C)C)c(C#N)c2)sc1C(=O)OC(C)Cl. The molecule has 1 atom stereocenters. The number of aryl methyl sites for hydroxylation is 1. The van der Waals surface area contributed by atoms with Crippen LogP contribution in [0.25, 0.3) is 10.6 Å². The number of halogens is 1. The molecule has 0 fully saturated rings. The molecule has 1 aromatic heterocycles. The van der Waals surface area contributed by atoms with Crippen LogP contribution >= 0.6 is 22.9 Å². The van der Waals surface area contributed by atoms with Crippen molar-refractivity contribution in [1.82, 2.24) is 4.98 Å². The van der Waals surface area contributed by atoms with E-state index < -0.39 is 11.5 Å². The van der Waals surface area contributed by atoms with Crippen molar-refractivity contribution in [2.45, 2.75) is 33.3 Å². The zero-order valence-electron chi connectivity index (χ0n) is 14.5. The number of nitrogens with zero attached hydrogens (tertiary/aromatic N) is 2. The van der Waals surface area contributed by atoms with Crippen LogP contribution in [0.15, 0.2) is 18.2 Å². The molecule has 5 nitrogen and oxygen atoms in total. The van der Waals surface area contributed by atoms with Crippen molar-refractivity contribution in [1.29, 1.82) is 5.26 Å². The lowest BCUT2D eigenvalue weighted by Gasteiger charge is -2.10. The Bertz CT molecular complexity index is 809. The summed E-state index contributed by atoms with van der Waals surface area (Å²) in [5, 5.41) is 10.0. The van der Waals surface area contributed by atoms with E-state index in [0.717, 1.165) is 5.56 Å². The number of aromatic nitrogens is 1. The molecule has 1 aromatic carbocycles. The second-order valence-corrected chi connectivity index (χ2v) is 7.52. The fraction of sp³-hybridized carbons (Fsp3) is 0.389. The van der Waals surface area contributed by atoms with Crippen LogP contribution in [0.5, 0.6) is 5.75 Å². The number of carbonyl (C=O) groups is 1. The molecule has 0 saturated carbocycles. The van der Waals surface area contributed by atoms with E-state index in [0.29, 0.717) is 39.4 Å². The molecule has 0 aliphatic carbocycles. The molecular formula is C18H19ClN2O3S. The quantitative estimate of drug-likeness (QED) is 0.535. The maximum Gasteiger partial charge on any atom is 0.351 e. The lowest BCUT2D eigenvalue weighted by Crippen LogP contribution is -2.09. The van der Waals surface area contributed by atoms with E-state index >= 15 is 0 Å². The summed E-state index contributed by atoms with van der Waals surface area (Å²) in [7, 11) is 0. The van der Waals surface area contributed by atoms with Crippen LogP contribution in [0, 0.1) is 24.2 Å². The van der Waals surface area contributed by atoms with Crippen molar-refractivity contribution in [2.24, 2.45) is 5.92 Å². The molecule has 0 aliphatic heterocycles. The van der Waals surface area contributed by atoms with Crippen LogP contribution in [0.3, 0.4) is 0 Å². The van der Waals surface area contributed by atoms with Crippen LogP contribution in [0.4, 0.5) is 0 Å². The van der Waals surface area contributed by atoms with Gasteiger partial charge < -0.3 is 9.47 Å². The number of esters is 1. The van der Waals surface area contributed by atoms with Gasteiger partial charge >= 0.3 is 5.97 Å². The van der Waals surface area contributed by atoms with E-state index in [-0.39, 0.29) is 0 Å². The van der Waals surface area contributed by atoms with Gasteiger partial charge in [0.15, 0.2) is 5.56 Å². The van der Waals surface area contributed by atoms with Crippen molar-refractivity contribution in [3.05, 3.63) is 34.3 Å². The number of carbonyl (C=O) groups excluding carboxylic acids is 1. The Labute approximate surface area is 156 Å². The summed E-state index contributed by atoms with van der Waals surface area (Å²) in [6.45, 7) is 7.94. The van der Waals surface area contributed by atoms with E-state index in [1.165, 1.54) is 11.3 Å². The molecule has 7 heteroatoms. The highest BCUT2D eigenvalue weighted by molar-refractivity contribution is 7.17. The highest BCUT2D eigenvalue weighted by Crippen LogP contribution is 2.32. The molecule has 2 rings (SSSR count). The Morgan fingerprint density at radius 1 is 1.40 bits per heavy atom. The van der Waals surface area contributed by atoms with Gasteiger partial charge in [-0.2, -0.15) is 5.26 Å². The van der Waals surface area contributed by atoms with Gasteiger partial charge in [-0.1, -0.05) is 25.4 Å². The van der Waals surface area contributed by atoms with E-state index in [1.807, 2.05) is 19.9 Å². The standard InChI is InChI=1S/C18H19ClN2O3S/c1-10(2)9-23-15-6-5-13(7-14(15)8-20)17-21-11(3)16(25-17)18(22)24-12(4)19/h5-7,10,12H,9H2,1-4H3. The number of thiazole rings is 1. The minimum Gasteiger partial charge on any atom is -0.492 e. The predicted octanol–water partition coefficient (Wildman–Crippen LogP) is 4.77. The lowest BCUT2D eigenvalue weighted by atomic mass is 10.1. The van der Waals surface area contributed by atoms with Crippen molar-refractivity contribution in [2.75, 3.05) is 6.61 Å². The maximum atomic E-state index is 12.0. The minimum atomic E-state index is -0.708. The van der Waals surface area contributed by atoms with Crippen LogP contribution in [0.2, 0.25) is 0 Å². The van der Waals surface area contributed by atoms with Crippen LogP contribution < -0.4 is 4.74 Å². The molecule has 0 saturated heterocycles. The number of benzene rings is 1. The first-order valence-electron chi connectivity index (χ1n) is 7.81. The lowest BCUT2D eigenvalue weighted by molar-refractivity contribution is 0.0477. The van der Waals surface area contributed by atoms with Crippen molar-refractivity contribution >= 4 is 28.9 Å². The van der Waals surface area contributed by atoms with E-state index in [9.17, 15) is 10.1 Å². The molecule has 132 valence electrons. The van der Waals surface area contributed by atoms with E-state index in [2.05, 4.69) is 11.1 Å². The normalized spacial score (nSPS) is 11.9. The number of hydrogen-bond donors (Lipinski definition) is 0. The fourth-order valence-corrected chi connectivity index (χ4v) is 3.07. The highest BCUT2D eigenvalue weighted by Gasteiger charge is 2.19. The Kier molecular flexibility index (Phi) is 6.40. The van der Waals surface area contributed by atoms with Gasteiger partial charge in [0.25, 0.3) is 0 Å². The van der Waals surface area contributed by atoms with E-state index in [4.69, 9.17) is 21.1 Å². The Hall–Kier alpha value is -2.10. The Morgan fingerprint density at radius 2 is 2.12 bits per heavy atom. The second-order valence-electron chi connectivity index (χ2n) is 5.91. The molecule has 2 aromatic rings. The van der Waals surface area contributed by atoms with Gasteiger partial charge in [-0.3, -0.25) is 0 Å². The summed E-state index contributed by atoms with van der Waals surface area (Å²) >= 11 is 6.91. The first-order valence-corrected chi connectivity index (χ1v) is 9.07. The molecule has 0 aliphatic rings. The van der Waals surface area contributed by atoms with Crippen LogP contribution in [0.1, 0.15) is 41.7 Å². The van der Waals surface area contributed by atoms with Crippen molar-refractivity contribution < 1.29 is 14.3 Å². The molecule has 25 heavy (non-hydrogen) atoms. The van der Waals surface area contributed by atoms with Gasteiger partial charge in [-0.15, -0.1) is 11.3 Å². The van der Waals surface area contributed by atoms with Gasteiger partial charge in [-0.05, 0) is 38.0 Å². The summed E-state index contributed by atoms with van der Waals surface area (Å²) in [6, 6.07) is 7.44. The van der Waals surface area contributed by atoms with Crippen LogP contribution in [-0.4, -0.2) is 23.1 Å². The summed E-state index contributed by atoms with van der Waals surface area (Å²) in [5.41, 5.74) is 1.05. The monoisotopic (exact) mass is 378 g/mol. The number of rotatable bonds is 6. The average Bonchev–Trinajstić information content (AvgIpc) is 2.94. The molecule has 0 radical (unpaired) electrons. The molecule has 1 unspecified atom stereocenters. The number of alkyl halides is 1. The summed E-state index contributed by atoms with van der Waals surface area (Å²) in [4.78, 5) is 16.9.